The molecule has 0 unspecified atom stereocenters. The van der Waals surface area contributed by atoms with Gasteiger partial charge in [-0.05, 0) is 36.6 Å². The molecule has 0 spiro atoms. The molecule has 4 heteroatoms. The van der Waals surface area contributed by atoms with Crippen LogP contribution in [-0.4, -0.2) is 16.8 Å². The molecule has 1 amide bonds. The number of nitrogens with one attached hydrogen (secondary N) is 1. The van der Waals surface area contributed by atoms with Crippen LogP contribution in [0.5, 0.6) is 0 Å². The number of amides is 1. The third-order valence-corrected chi connectivity index (χ3v) is 4.32. The first kappa shape index (κ1) is 17.0. The summed E-state index contributed by atoms with van der Waals surface area (Å²) in [6.45, 7) is 2.35. The number of hydrogen-bond donors (Lipinski definition) is 1. The van der Waals surface area contributed by atoms with Crippen LogP contribution in [0.1, 0.15) is 35.7 Å². The smallest absolute Gasteiger partial charge is 0.244 e. The van der Waals surface area contributed by atoms with Crippen molar-refractivity contribution >= 4 is 28.8 Å². The molecular formula is C21H22N2O2. The highest BCUT2D eigenvalue weighted by Gasteiger charge is 2.10. The first-order chi connectivity index (χ1) is 12.2. The highest BCUT2D eigenvalue weighted by Crippen LogP contribution is 2.20. The van der Waals surface area contributed by atoms with E-state index in [9.17, 15) is 9.59 Å². The van der Waals surface area contributed by atoms with Gasteiger partial charge in [-0.2, -0.15) is 0 Å². The zero-order chi connectivity index (χ0) is 17.6. The summed E-state index contributed by atoms with van der Waals surface area (Å²) in [4.78, 5) is 23.6. The molecule has 128 valence electrons. The average Bonchev–Trinajstić information content (AvgIpc) is 2.99. The number of unbranched alkanes of at least 4 members (excludes halogenated alkanes) is 1. The van der Waals surface area contributed by atoms with E-state index in [0.29, 0.717) is 5.56 Å². The van der Waals surface area contributed by atoms with E-state index in [4.69, 9.17) is 0 Å². The van der Waals surface area contributed by atoms with E-state index in [1.54, 1.807) is 6.20 Å². The Bertz CT molecular complexity index is 879. The Labute approximate surface area is 147 Å². The molecule has 2 aromatic carbocycles. The van der Waals surface area contributed by atoms with E-state index < -0.39 is 0 Å². The first-order valence-corrected chi connectivity index (χ1v) is 8.63. The van der Waals surface area contributed by atoms with Gasteiger partial charge in [-0.1, -0.05) is 43.7 Å². The summed E-state index contributed by atoms with van der Waals surface area (Å²) in [5, 5.41) is 3.78. The van der Waals surface area contributed by atoms with E-state index in [1.807, 2.05) is 41.0 Å². The summed E-state index contributed by atoms with van der Waals surface area (Å²) < 4.78 is 1.81. The lowest BCUT2D eigenvalue weighted by Gasteiger charge is -2.08. The zero-order valence-corrected chi connectivity index (χ0v) is 14.4. The number of aldehydes is 1. The van der Waals surface area contributed by atoms with Crippen molar-refractivity contribution in [3.05, 3.63) is 65.9 Å². The van der Waals surface area contributed by atoms with Crippen LogP contribution in [-0.2, 0) is 17.8 Å². The van der Waals surface area contributed by atoms with Gasteiger partial charge < -0.3 is 9.88 Å². The molecule has 1 N–H and O–H groups in total. The van der Waals surface area contributed by atoms with E-state index in [2.05, 4.69) is 24.4 Å². The number of nitrogens with zero attached hydrogens (tertiary/aromatic N) is 1. The molecule has 4 nitrogen and oxygen atoms in total. The summed E-state index contributed by atoms with van der Waals surface area (Å²) in [6.07, 6.45) is 5.96. The fraction of sp³-hybridized carbons (Fsp3) is 0.238. The standard InChI is InChI=1S/C21H22N2O2/c1-2-3-6-16-9-11-18(12-10-16)22-21(25)14-23-13-17(15-24)19-7-4-5-8-20(19)23/h4-5,7-13,15H,2-3,6,14H2,1H3,(H,22,25). The van der Waals surface area contributed by atoms with Crippen LogP contribution in [0.15, 0.2) is 54.7 Å². The number of carbonyl (C=O) groups excluding carboxylic acids is 2. The monoisotopic (exact) mass is 334 g/mol. The van der Waals surface area contributed by atoms with Crippen molar-refractivity contribution < 1.29 is 9.59 Å². The number of aromatic nitrogens is 1. The molecule has 0 bridgehead atoms. The minimum atomic E-state index is -0.112. The number of fused-ring (bicyclic) bond motifs is 1. The second kappa shape index (κ2) is 7.79. The fourth-order valence-electron chi connectivity index (χ4n) is 2.99. The SMILES string of the molecule is CCCCc1ccc(NC(=O)Cn2cc(C=O)c3ccccc32)cc1. The number of benzene rings is 2. The summed E-state index contributed by atoms with van der Waals surface area (Å²) in [5.74, 6) is -0.112. The van der Waals surface area contributed by atoms with Crippen LogP contribution >= 0.6 is 0 Å². The minimum Gasteiger partial charge on any atom is -0.337 e. The quantitative estimate of drug-likeness (QED) is 0.650. The van der Waals surface area contributed by atoms with Gasteiger partial charge in [0.1, 0.15) is 6.54 Å². The number of anilines is 1. The summed E-state index contributed by atoms with van der Waals surface area (Å²) in [5.41, 5.74) is 3.56. The second-order valence-corrected chi connectivity index (χ2v) is 6.20. The van der Waals surface area contributed by atoms with Crippen molar-refractivity contribution in [3.8, 4) is 0 Å². The Morgan fingerprint density at radius 3 is 2.60 bits per heavy atom. The van der Waals surface area contributed by atoms with Crippen molar-refractivity contribution in [3.63, 3.8) is 0 Å². The van der Waals surface area contributed by atoms with Gasteiger partial charge in [-0.25, -0.2) is 0 Å². The van der Waals surface area contributed by atoms with E-state index in [0.717, 1.165) is 29.3 Å². The lowest BCUT2D eigenvalue weighted by Crippen LogP contribution is -2.18. The lowest BCUT2D eigenvalue weighted by molar-refractivity contribution is -0.116. The van der Waals surface area contributed by atoms with E-state index >= 15 is 0 Å². The number of carbonyl (C=O) groups is 2. The van der Waals surface area contributed by atoms with Gasteiger partial charge in [0.05, 0.1) is 0 Å². The predicted octanol–water partition coefficient (Wildman–Crippen LogP) is 4.44. The van der Waals surface area contributed by atoms with Gasteiger partial charge in [-0.15, -0.1) is 0 Å². The zero-order valence-electron chi connectivity index (χ0n) is 14.4. The molecular weight excluding hydrogens is 312 g/mol. The Balaban J connectivity index is 1.69. The normalized spacial score (nSPS) is 10.8. The highest BCUT2D eigenvalue weighted by molar-refractivity contribution is 5.99. The molecule has 0 atom stereocenters. The molecule has 0 saturated carbocycles. The second-order valence-electron chi connectivity index (χ2n) is 6.20. The van der Waals surface area contributed by atoms with Crippen molar-refractivity contribution in [2.75, 3.05) is 5.32 Å². The Hall–Kier alpha value is -2.88. The Morgan fingerprint density at radius 1 is 1.12 bits per heavy atom. The molecule has 25 heavy (non-hydrogen) atoms. The molecule has 3 rings (SSSR count). The molecule has 0 radical (unpaired) electrons. The van der Waals surface area contributed by atoms with Crippen LogP contribution in [0, 0.1) is 0 Å². The van der Waals surface area contributed by atoms with Crippen molar-refractivity contribution in [1.82, 2.24) is 4.57 Å². The van der Waals surface area contributed by atoms with Crippen LogP contribution < -0.4 is 5.32 Å². The summed E-state index contributed by atoms with van der Waals surface area (Å²) in [7, 11) is 0. The molecule has 0 saturated heterocycles. The van der Waals surface area contributed by atoms with Crippen molar-refractivity contribution in [2.24, 2.45) is 0 Å². The molecule has 3 aromatic rings. The average molecular weight is 334 g/mol. The third-order valence-electron chi connectivity index (χ3n) is 4.32. The van der Waals surface area contributed by atoms with Crippen LogP contribution in [0.25, 0.3) is 10.9 Å². The van der Waals surface area contributed by atoms with Gasteiger partial charge in [0.2, 0.25) is 5.91 Å². The maximum absolute atomic E-state index is 12.4. The largest absolute Gasteiger partial charge is 0.337 e. The topological polar surface area (TPSA) is 51.1 Å². The van der Waals surface area contributed by atoms with Gasteiger partial charge >= 0.3 is 0 Å². The van der Waals surface area contributed by atoms with Crippen LogP contribution in [0.4, 0.5) is 5.69 Å². The number of aryl methyl sites for hydroxylation is 1. The summed E-state index contributed by atoms with van der Waals surface area (Å²) in [6, 6.07) is 15.6. The first-order valence-electron chi connectivity index (χ1n) is 8.63. The Kier molecular flexibility index (Phi) is 5.29. The van der Waals surface area contributed by atoms with Crippen molar-refractivity contribution in [1.29, 1.82) is 0 Å². The molecule has 1 aromatic heterocycles. The van der Waals surface area contributed by atoms with Gasteiger partial charge in [-0.3, -0.25) is 9.59 Å². The number of rotatable bonds is 7. The maximum atomic E-state index is 12.4. The lowest BCUT2D eigenvalue weighted by atomic mass is 10.1. The van der Waals surface area contributed by atoms with Gasteiger partial charge in [0, 0.05) is 28.4 Å². The predicted molar refractivity (Wildman–Crippen MR) is 101 cm³/mol. The van der Waals surface area contributed by atoms with Crippen molar-refractivity contribution in [2.45, 2.75) is 32.7 Å². The van der Waals surface area contributed by atoms with Crippen LogP contribution in [0.2, 0.25) is 0 Å². The molecule has 0 aliphatic carbocycles. The Morgan fingerprint density at radius 2 is 1.88 bits per heavy atom. The molecule has 0 aliphatic heterocycles. The number of para-hydroxylation sites is 1. The fourth-order valence-corrected chi connectivity index (χ4v) is 2.99. The van der Waals surface area contributed by atoms with Gasteiger partial charge in [0.25, 0.3) is 0 Å². The molecule has 1 heterocycles. The van der Waals surface area contributed by atoms with Crippen LogP contribution in [0.3, 0.4) is 0 Å². The summed E-state index contributed by atoms with van der Waals surface area (Å²) >= 11 is 0. The number of hydrogen-bond acceptors (Lipinski definition) is 2. The minimum absolute atomic E-state index is 0.112. The van der Waals surface area contributed by atoms with Gasteiger partial charge in [0.15, 0.2) is 6.29 Å². The maximum Gasteiger partial charge on any atom is 0.244 e. The molecule has 0 aliphatic rings. The third kappa shape index (κ3) is 3.97. The highest BCUT2D eigenvalue weighted by atomic mass is 16.2. The van der Waals surface area contributed by atoms with E-state index in [1.165, 1.54) is 18.4 Å². The molecule has 0 fully saturated rings. The van der Waals surface area contributed by atoms with E-state index in [-0.39, 0.29) is 12.5 Å².